The number of rotatable bonds is 11. The van der Waals surface area contributed by atoms with Crippen molar-refractivity contribution in [1.82, 2.24) is 20.5 Å². The van der Waals surface area contributed by atoms with Crippen LogP contribution < -0.4 is 16.0 Å². The SMILES string of the molecule is CCCCNc1nc(C(=O)NCCC(=O)NCCN(C)C)cs1. The first-order valence-corrected chi connectivity index (χ1v) is 8.80. The zero-order chi connectivity index (χ0) is 17.1. The molecule has 0 aliphatic carbocycles. The lowest BCUT2D eigenvalue weighted by molar-refractivity contribution is -0.120. The molecule has 0 unspecified atom stereocenters. The van der Waals surface area contributed by atoms with Crippen LogP contribution in [0.2, 0.25) is 0 Å². The zero-order valence-corrected chi connectivity index (χ0v) is 15.0. The number of nitrogens with one attached hydrogen (secondary N) is 3. The topological polar surface area (TPSA) is 86.4 Å². The van der Waals surface area contributed by atoms with Crippen LogP contribution in [0.15, 0.2) is 5.38 Å². The lowest BCUT2D eigenvalue weighted by Crippen LogP contribution is -2.34. The third-order valence-electron chi connectivity index (χ3n) is 3.06. The second-order valence-corrected chi connectivity index (χ2v) is 6.34. The van der Waals surface area contributed by atoms with Crippen LogP contribution in [0.5, 0.6) is 0 Å². The van der Waals surface area contributed by atoms with Gasteiger partial charge in [0.05, 0.1) is 0 Å². The summed E-state index contributed by atoms with van der Waals surface area (Å²) in [7, 11) is 3.90. The van der Waals surface area contributed by atoms with Crippen molar-refractivity contribution in [3.8, 4) is 0 Å². The van der Waals surface area contributed by atoms with Crippen LogP contribution in [0.4, 0.5) is 5.13 Å². The quantitative estimate of drug-likeness (QED) is 0.526. The first kappa shape index (κ1) is 19.4. The van der Waals surface area contributed by atoms with Gasteiger partial charge in [0.2, 0.25) is 5.91 Å². The van der Waals surface area contributed by atoms with Crippen molar-refractivity contribution in [1.29, 1.82) is 0 Å². The lowest BCUT2D eigenvalue weighted by atomic mass is 10.3. The van der Waals surface area contributed by atoms with Crippen molar-refractivity contribution in [3.63, 3.8) is 0 Å². The Labute approximate surface area is 141 Å². The first-order chi connectivity index (χ1) is 11.0. The third kappa shape index (κ3) is 8.51. The Balaban J connectivity index is 2.22. The van der Waals surface area contributed by atoms with Crippen molar-refractivity contribution < 1.29 is 9.59 Å². The van der Waals surface area contributed by atoms with Crippen LogP contribution in [-0.4, -0.2) is 62.0 Å². The van der Waals surface area contributed by atoms with Crippen LogP contribution >= 0.6 is 11.3 Å². The number of carbonyl (C=O) groups is 2. The van der Waals surface area contributed by atoms with Gasteiger partial charge in [-0.2, -0.15) is 0 Å². The van der Waals surface area contributed by atoms with Gasteiger partial charge >= 0.3 is 0 Å². The number of anilines is 1. The molecule has 1 aromatic heterocycles. The molecule has 1 aromatic rings. The van der Waals surface area contributed by atoms with E-state index in [1.54, 1.807) is 5.38 Å². The van der Waals surface area contributed by atoms with Gasteiger partial charge in [0.25, 0.3) is 5.91 Å². The van der Waals surface area contributed by atoms with Crippen molar-refractivity contribution >= 4 is 28.3 Å². The fourth-order valence-electron chi connectivity index (χ4n) is 1.72. The molecule has 0 spiro atoms. The third-order valence-corrected chi connectivity index (χ3v) is 3.86. The highest BCUT2D eigenvalue weighted by Crippen LogP contribution is 2.15. The average molecular weight is 341 g/mol. The summed E-state index contributed by atoms with van der Waals surface area (Å²) in [5.74, 6) is -0.307. The molecular formula is C15H27N5O2S. The van der Waals surface area contributed by atoms with Gasteiger partial charge in [-0.25, -0.2) is 4.98 Å². The monoisotopic (exact) mass is 341 g/mol. The van der Waals surface area contributed by atoms with Crippen LogP contribution in [0.3, 0.4) is 0 Å². The van der Waals surface area contributed by atoms with Gasteiger partial charge in [-0.15, -0.1) is 11.3 Å². The minimum Gasteiger partial charge on any atom is -0.362 e. The average Bonchev–Trinajstić information content (AvgIpc) is 2.96. The van der Waals surface area contributed by atoms with E-state index in [0.29, 0.717) is 18.8 Å². The second kappa shape index (κ2) is 11.0. The van der Waals surface area contributed by atoms with E-state index in [2.05, 4.69) is 27.9 Å². The minimum absolute atomic E-state index is 0.0626. The molecule has 3 N–H and O–H groups in total. The highest BCUT2D eigenvalue weighted by molar-refractivity contribution is 7.13. The van der Waals surface area contributed by atoms with Gasteiger partial charge in [-0.1, -0.05) is 13.3 Å². The summed E-state index contributed by atoms with van der Waals surface area (Å²) >= 11 is 1.41. The Kier molecular flexibility index (Phi) is 9.23. The molecule has 130 valence electrons. The van der Waals surface area contributed by atoms with Gasteiger partial charge in [0.1, 0.15) is 5.69 Å². The van der Waals surface area contributed by atoms with Crippen LogP contribution in [0.1, 0.15) is 36.7 Å². The Morgan fingerprint density at radius 3 is 2.70 bits per heavy atom. The van der Waals surface area contributed by atoms with Crippen molar-refractivity contribution in [2.24, 2.45) is 0 Å². The van der Waals surface area contributed by atoms with Gasteiger partial charge < -0.3 is 20.9 Å². The van der Waals surface area contributed by atoms with E-state index in [0.717, 1.165) is 31.1 Å². The summed E-state index contributed by atoms with van der Waals surface area (Å²) in [4.78, 5) is 29.8. The predicted octanol–water partition coefficient (Wildman–Crippen LogP) is 1.15. The number of nitrogens with zero attached hydrogens (tertiary/aromatic N) is 2. The number of unbranched alkanes of at least 4 members (excludes halogenated alkanes) is 1. The van der Waals surface area contributed by atoms with Crippen LogP contribution in [-0.2, 0) is 4.79 Å². The van der Waals surface area contributed by atoms with Gasteiger partial charge in [-0.05, 0) is 20.5 Å². The Morgan fingerprint density at radius 1 is 1.22 bits per heavy atom. The molecule has 1 heterocycles. The fourth-order valence-corrected chi connectivity index (χ4v) is 2.44. The van der Waals surface area contributed by atoms with E-state index in [1.807, 2.05) is 19.0 Å². The lowest BCUT2D eigenvalue weighted by Gasteiger charge is -2.10. The number of aromatic nitrogens is 1. The zero-order valence-electron chi connectivity index (χ0n) is 14.1. The normalized spacial score (nSPS) is 10.6. The molecular weight excluding hydrogens is 314 g/mol. The first-order valence-electron chi connectivity index (χ1n) is 7.92. The van der Waals surface area contributed by atoms with Crippen molar-refractivity contribution in [2.45, 2.75) is 26.2 Å². The molecule has 0 fully saturated rings. The molecule has 8 heteroatoms. The molecule has 7 nitrogen and oxygen atoms in total. The fraction of sp³-hybridized carbons (Fsp3) is 0.667. The van der Waals surface area contributed by atoms with E-state index in [4.69, 9.17) is 0 Å². The number of thiazole rings is 1. The predicted molar refractivity (Wildman–Crippen MR) is 94.0 cm³/mol. The van der Waals surface area contributed by atoms with E-state index in [-0.39, 0.29) is 18.2 Å². The number of amides is 2. The molecule has 0 bridgehead atoms. The summed E-state index contributed by atoms with van der Waals surface area (Å²) < 4.78 is 0. The largest absolute Gasteiger partial charge is 0.362 e. The molecule has 0 saturated heterocycles. The maximum atomic E-state index is 11.9. The molecule has 0 aromatic carbocycles. The van der Waals surface area contributed by atoms with Gasteiger partial charge in [0, 0.05) is 38.0 Å². The molecule has 0 radical (unpaired) electrons. The van der Waals surface area contributed by atoms with E-state index >= 15 is 0 Å². The minimum atomic E-state index is -0.245. The number of likely N-dealkylation sites (N-methyl/N-ethyl adjacent to an activating group) is 1. The Hall–Kier alpha value is -1.67. The molecule has 2 amide bonds. The van der Waals surface area contributed by atoms with E-state index in [9.17, 15) is 9.59 Å². The summed E-state index contributed by atoms with van der Waals surface area (Å²) in [6.07, 6.45) is 2.46. The summed E-state index contributed by atoms with van der Waals surface area (Å²) in [6, 6.07) is 0. The summed E-state index contributed by atoms with van der Waals surface area (Å²) in [5, 5.41) is 11.2. The van der Waals surface area contributed by atoms with Crippen LogP contribution in [0, 0.1) is 0 Å². The number of carbonyl (C=O) groups excluding carboxylic acids is 2. The smallest absolute Gasteiger partial charge is 0.270 e. The summed E-state index contributed by atoms with van der Waals surface area (Å²) in [5.41, 5.74) is 0.391. The molecule has 0 aliphatic rings. The number of hydrogen-bond donors (Lipinski definition) is 3. The second-order valence-electron chi connectivity index (χ2n) is 5.48. The highest BCUT2D eigenvalue weighted by atomic mass is 32.1. The van der Waals surface area contributed by atoms with E-state index in [1.165, 1.54) is 11.3 Å². The molecule has 0 saturated carbocycles. The standard InChI is InChI=1S/C15H27N5O2S/c1-4-5-7-18-15-19-12(11-23-15)14(22)17-8-6-13(21)16-9-10-20(2)3/h11H,4-10H2,1-3H3,(H,16,21)(H,17,22)(H,18,19). The molecule has 0 atom stereocenters. The van der Waals surface area contributed by atoms with Gasteiger partial charge in [-0.3, -0.25) is 9.59 Å². The summed E-state index contributed by atoms with van der Waals surface area (Å²) in [6.45, 7) is 4.70. The Bertz CT molecular complexity index is 490. The molecule has 23 heavy (non-hydrogen) atoms. The maximum absolute atomic E-state index is 11.9. The van der Waals surface area contributed by atoms with Crippen molar-refractivity contribution in [2.75, 3.05) is 45.6 Å². The maximum Gasteiger partial charge on any atom is 0.270 e. The Morgan fingerprint density at radius 2 is 2.00 bits per heavy atom. The van der Waals surface area contributed by atoms with E-state index < -0.39 is 0 Å². The molecule has 1 rings (SSSR count). The molecule has 0 aliphatic heterocycles. The number of hydrogen-bond acceptors (Lipinski definition) is 6. The van der Waals surface area contributed by atoms with Crippen LogP contribution in [0.25, 0.3) is 0 Å². The van der Waals surface area contributed by atoms with Gasteiger partial charge in [0.15, 0.2) is 5.13 Å². The highest BCUT2D eigenvalue weighted by Gasteiger charge is 2.10. The van der Waals surface area contributed by atoms with Crippen molar-refractivity contribution in [3.05, 3.63) is 11.1 Å².